The minimum Gasteiger partial charge on any atom is -0.286 e. The molecule has 1 aromatic carbocycles. The summed E-state index contributed by atoms with van der Waals surface area (Å²) in [7, 11) is 0. The van der Waals surface area contributed by atoms with Gasteiger partial charge in [0, 0.05) is 0 Å². The Kier molecular flexibility index (Phi) is 4.29. The minimum atomic E-state index is -1.31. The Labute approximate surface area is 88.0 Å². The summed E-state index contributed by atoms with van der Waals surface area (Å²) in [5.41, 5.74) is 1.16. The predicted molar refractivity (Wildman–Crippen MR) is 58.4 cm³/mol. The molecular formula is C11H16O2S. The molecule has 1 atom stereocenters. The van der Waals surface area contributed by atoms with E-state index in [-0.39, 0.29) is 0 Å². The molecule has 1 rings (SSSR count). The van der Waals surface area contributed by atoms with Crippen molar-refractivity contribution < 1.29 is 8.39 Å². The van der Waals surface area contributed by atoms with Crippen LogP contribution in [0.25, 0.3) is 0 Å². The summed E-state index contributed by atoms with van der Waals surface area (Å²) in [6, 6.07) is 7.55. The molecule has 1 aromatic rings. The van der Waals surface area contributed by atoms with Gasteiger partial charge in [-0.05, 0) is 25.0 Å². The molecular weight excluding hydrogens is 196 g/mol. The third kappa shape index (κ3) is 3.60. The lowest BCUT2D eigenvalue weighted by atomic mass is 10.2. The molecule has 0 aromatic heterocycles. The second kappa shape index (κ2) is 5.27. The zero-order valence-corrected chi connectivity index (χ0v) is 9.64. The van der Waals surface area contributed by atoms with Crippen molar-refractivity contribution >= 4 is 11.1 Å². The highest BCUT2D eigenvalue weighted by molar-refractivity contribution is 7.80. The van der Waals surface area contributed by atoms with Gasteiger partial charge in [-0.25, -0.2) is 4.21 Å². The molecule has 0 spiro atoms. The molecule has 0 aliphatic rings. The first-order chi connectivity index (χ1) is 6.59. The van der Waals surface area contributed by atoms with E-state index in [2.05, 4.69) is 0 Å². The molecule has 0 aliphatic heterocycles. The summed E-state index contributed by atoms with van der Waals surface area (Å²) >= 11 is -1.31. The highest BCUT2D eigenvalue weighted by atomic mass is 32.2. The van der Waals surface area contributed by atoms with Crippen LogP contribution in [0.3, 0.4) is 0 Å². The Balaban J connectivity index is 2.57. The number of aryl methyl sites for hydroxylation is 1. The maximum Gasteiger partial charge on any atom is 0.189 e. The smallest absolute Gasteiger partial charge is 0.189 e. The topological polar surface area (TPSA) is 26.3 Å². The molecule has 78 valence electrons. The van der Waals surface area contributed by atoms with Crippen LogP contribution in [0.1, 0.15) is 19.4 Å². The van der Waals surface area contributed by atoms with Crippen LogP contribution in [0.5, 0.6) is 0 Å². The van der Waals surface area contributed by atoms with Gasteiger partial charge >= 0.3 is 0 Å². The number of rotatable bonds is 4. The molecule has 3 heteroatoms. The quantitative estimate of drug-likeness (QED) is 0.767. The van der Waals surface area contributed by atoms with Gasteiger partial charge in [0.05, 0.1) is 11.5 Å². The van der Waals surface area contributed by atoms with E-state index >= 15 is 0 Å². The number of hydrogen-bond acceptors (Lipinski definition) is 2. The van der Waals surface area contributed by atoms with Gasteiger partial charge in [0.2, 0.25) is 0 Å². The zero-order chi connectivity index (χ0) is 10.6. The van der Waals surface area contributed by atoms with Crippen LogP contribution in [0.4, 0.5) is 0 Å². The first kappa shape index (κ1) is 11.4. The number of benzene rings is 1. The third-order valence-electron chi connectivity index (χ3n) is 1.72. The molecule has 0 amide bonds. The lowest BCUT2D eigenvalue weighted by Gasteiger charge is -2.05. The third-order valence-corrected chi connectivity index (χ3v) is 2.73. The lowest BCUT2D eigenvalue weighted by molar-refractivity contribution is 0.296. The summed E-state index contributed by atoms with van der Waals surface area (Å²) in [5, 5.41) is 0. The minimum absolute atomic E-state index is 0.407. The first-order valence-corrected chi connectivity index (χ1v) is 5.79. The molecule has 0 fully saturated rings. The maximum absolute atomic E-state index is 11.5. The molecule has 14 heavy (non-hydrogen) atoms. The Morgan fingerprint density at radius 1 is 1.29 bits per heavy atom. The Hall–Kier alpha value is -0.670. The SMILES string of the molecule is Cc1ccc([S@@](=O)OCC(C)C)cc1. The molecule has 0 unspecified atom stereocenters. The van der Waals surface area contributed by atoms with Crippen LogP contribution in [0, 0.1) is 12.8 Å². The van der Waals surface area contributed by atoms with Gasteiger partial charge in [-0.1, -0.05) is 31.5 Å². The van der Waals surface area contributed by atoms with E-state index in [0.29, 0.717) is 12.5 Å². The molecule has 0 N–H and O–H groups in total. The van der Waals surface area contributed by atoms with Gasteiger partial charge in [-0.15, -0.1) is 0 Å². The van der Waals surface area contributed by atoms with Crippen molar-refractivity contribution in [1.82, 2.24) is 0 Å². The molecule has 0 aliphatic carbocycles. The fraction of sp³-hybridized carbons (Fsp3) is 0.455. The second-order valence-electron chi connectivity index (χ2n) is 3.73. The van der Waals surface area contributed by atoms with E-state index in [1.165, 1.54) is 0 Å². The fourth-order valence-electron chi connectivity index (χ4n) is 0.915. The van der Waals surface area contributed by atoms with Crippen LogP contribution in [-0.2, 0) is 15.3 Å². The number of hydrogen-bond donors (Lipinski definition) is 0. The summed E-state index contributed by atoms with van der Waals surface area (Å²) in [6.45, 7) is 6.60. The standard InChI is InChI=1S/C11H16O2S/c1-9(2)8-13-14(12)11-6-4-10(3)5-7-11/h4-7,9H,8H2,1-3H3/t14-/m0/s1. The van der Waals surface area contributed by atoms with Gasteiger partial charge in [-0.2, -0.15) is 0 Å². The van der Waals surface area contributed by atoms with Gasteiger partial charge in [0.1, 0.15) is 0 Å². The van der Waals surface area contributed by atoms with E-state index in [0.717, 1.165) is 10.5 Å². The summed E-state index contributed by atoms with van der Waals surface area (Å²) in [4.78, 5) is 0.733. The molecule has 0 saturated carbocycles. The van der Waals surface area contributed by atoms with E-state index in [9.17, 15) is 4.21 Å². The van der Waals surface area contributed by atoms with Gasteiger partial charge in [0.25, 0.3) is 0 Å². The average Bonchev–Trinajstić information content (AvgIpc) is 2.15. The van der Waals surface area contributed by atoms with E-state index < -0.39 is 11.1 Å². The molecule has 0 saturated heterocycles. The van der Waals surface area contributed by atoms with Crippen LogP contribution in [0.2, 0.25) is 0 Å². The van der Waals surface area contributed by atoms with Crippen molar-refractivity contribution in [2.45, 2.75) is 25.7 Å². The molecule has 0 radical (unpaired) electrons. The predicted octanol–water partition coefficient (Wildman–Crippen LogP) is 2.69. The van der Waals surface area contributed by atoms with Crippen molar-refractivity contribution in [2.75, 3.05) is 6.61 Å². The van der Waals surface area contributed by atoms with Crippen molar-refractivity contribution in [3.8, 4) is 0 Å². The Morgan fingerprint density at radius 2 is 1.86 bits per heavy atom. The molecule has 0 heterocycles. The highest BCUT2D eigenvalue weighted by Crippen LogP contribution is 2.10. The average molecular weight is 212 g/mol. The monoisotopic (exact) mass is 212 g/mol. The van der Waals surface area contributed by atoms with Crippen molar-refractivity contribution in [2.24, 2.45) is 5.92 Å². The fourth-order valence-corrected chi connectivity index (χ4v) is 1.81. The zero-order valence-electron chi connectivity index (χ0n) is 8.82. The van der Waals surface area contributed by atoms with Crippen LogP contribution < -0.4 is 0 Å². The molecule has 0 bridgehead atoms. The summed E-state index contributed by atoms with van der Waals surface area (Å²) < 4.78 is 16.8. The van der Waals surface area contributed by atoms with Crippen molar-refractivity contribution in [3.05, 3.63) is 29.8 Å². The summed E-state index contributed by atoms with van der Waals surface area (Å²) in [6.07, 6.45) is 0. The second-order valence-corrected chi connectivity index (χ2v) is 4.90. The largest absolute Gasteiger partial charge is 0.286 e. The molecule has 2 nitrogen and oxygen atoms in total. The van der Waals surface area contributed by atoms with Crippen LogP contribution in [0.15, 0.2) is 29.2 Å². The van der Waals surface area contributed by atoms with Crippen LogP contribution in [-0.4, -0.2) is 10.8 Å². The van der Waals surface area contributed by atoms with Gasteiger partial charge in [0.15, 0.2) is 11.1 Å². The van der Waals surface area contributed by atoms with Gasteiger partial charge < -0.3 is 0 Å². The first-order valence-electron chi connectivity index (χ1n) is 4.71. The normalized spacial score (nSPS) is 13.1. The van der Waals surface area contributed by atoms with Gasteiger partial charge in [-0.3, -0.25) is 4.18 Å². The lowest BCUT2D eigenvalue weighted by Crippen LogP contribution is -2.04. The Morgan fingerprint density at radius 3 is 2.36 bits per heavy atom. The van der Waals surface area contributed by atoms with Crippen molar-refractivity contribution in [1.29, 1.82) is 0 Å². The Bertz CT molecular complexity index is 304. The highest BCUT2D eigenvalue weighted by Gasteiger charge is 2.04. The van der Waals surface area contributed by atoms with E-state index in [1.807, 2.05) is 45.0 Å². The summed E-state index contributed by atoms with van der Waals surface area (Å²) in [5.74, 6) is 0.407. The van der Waals surface area contributed by atoms with Crippen molar-refractivity contribution in [3.63, 3.8) is 0 Å². The maximum atomic E-state index is 11.5. The van der Waals surface area contributed by atoms with Crippen LogP contribution >= 0.6 is 0 Å². The van der Waals surface area contributed by atoms with E-state index in [1.54, 1.807) is 0 Å². The van der Waals surface area contributed by atoms with E-state index in [4.69, 9.17) is 4.18 Å².